The molecule has 1 aliphatic rings. The SMILES string of the molecule is CN1CCN(c2ccc(NC(=O)CCc3ccsc3)cc2)CC1. The molecular weight excluding hydrogens is 306 g/mol. The number of benzene rings is 1. The summed E-state index contributed by atoms with van der Waals surface area (Å²) in [5.74, 6) is 0.0727. The van der Waals surface area contributed by atoms with Crippen LogP contribution in [0.4, 0.5) is 11.4 Å². The Bertz CT molecular complexity index is 616. The molecular formula is C18H23N3OS. The van der Waals surface area contributed by atoms with E-state index in [1.165, 1.54) is 11.3 Å². The summed E-state index contributed by atoms with van der Waals surface area (Å²) in [5, 5.41) is 7.12. The normalized spacial score (nSPS) is 15.6. The van der Waals surface area contributed by atoms with Crippen molar-refractivity contribution in [3.05, 3.63) is 46.7 Å². The van der Waals surface area contributed by atoms with E-state index in [2.05, 4.69) is 45.7 Å². The fraction of sp³-hybridized carbons (Fsp3) is 0.389. The lowest BCUT2D eigenvalue weighted by Crippen LogP contribution is -2.44. The molecule has 1 aromatic heterocycles. The molecule has 2 aromatic rings. The number of hydrogen-bond donors (Lipinski definition) is 1. The maximum Gasteiger partial charge on any atom is 0.224 e. The molecule has 0 unspecified atom stereocenters. The number of anilines is 2. The molecule has 1 aromatic carbocycles. The largest absolute Gasteiger partial charge is 0.369 e. The molecule has 1 amide bonds. The highest BCUT2D eigenvalue weighted by Gasteiger charge is 2.14. The van der Waals surface area contributed by atoms with Gasteiger partial charge in [0.15, 0.2) is 0 Å². The van der Waals surface area contributed by atoms with Gasteiger partial charge in [-0.25, -0.2) is 0 Å². The van der Waals surface area contributed by atoms with Crippen LogP contribution in [0.25, 0.3) is 0 Å². The van der Waals surface area contributed by atoms with E-state index >= 15 is 0 Å². The van der Waals surface area contributed by atoms with Crippen molar-refractivity contribution in [2.24, 2.45) is 0 Å². The second kappa shape index (κ2) is 7.62. The minimum atomic E-state index is 0.0727. The summed E-state index contributed by atoms with van der Waals surface area (Å²) >= 11 is 1.67. The number of carbonyl (C=O) groups is 1. The Morgan fingerprint density at radius 3 is 2.52 bits per heavy atom. The maximum atomic E-state index is 12.0. The molecule has 4 nitrogen and oxygen atoms in total. The number of likely N-dealkylation sites (N-methyl/N-ethyl adjacent to an activating group) is 1. The van der Waals surface area contributed by atoms with E-state index < -0.39 is 0 Å². The minimum Gasteiger partial charge on any atom is -0.369 e. The van der Waals surface area contributed by atoms with Crippen LogP contribution in [-0.4, -0.2) is 44.0 Å². The second-order valence-electron chi connectivity index (χ2n) is 6.02. The summed E-state index contributed by atoms with van der Waals surface area (Å²) in [4.78, 5) is 16.7. The van der Waals surface area contributed by atoms with Gasteiger partial charge in [0.1, 0.15) is 0 Å². The van der Waals surface area contributed by atoms with Gasteiger partial charge in [-0.1, -0.05) is 0 Å². The first-order chi connectivity index (χ1) is 11.2. The molecule has 0 saturated carbocycles. The Balaban J connectivity index is 1.50. The molecule has 1 saturated heterocycles. The summed E-state index contributed by atoms with van der Waals surface area (Å²) in [6.07, 6.45) is 1.33. The van der Waals surface area contributed by atoms with Crippen LogP contribution in [0.1, 0.15) is 12.0 Å². The average Bonchev–Trinajstić information content (AvgIpc) is 3.08. The lowest BCUT2D eigenvalue weighted by Gasteiger charge is -2.34. The van der Waals surface area contributed by atoms with Gasteiger partial charge in [0.25, 0.3) is 0 Å². The van der Waals surface area contributed by atoms with Gasteiger partial charge in [-0.2, -0.15) is 11.3 Å². The number of thiophene rings is 1. The predicted octanol–water partition coefficient (Wildman–Crippen LogP) is 3.07. The Morgan fingerprint density at radius 1 is 1.13 bits per heavy atom. The molecule has 2 heterocycles. The van der Waals surface area contributed by atoms with E-state index in [1.54, 1.807) is 11.3 Å². The summed E-state index contributed by atoms with van der Waals surface area (Å²) < 4.78 is 0. The van der Waals surface area contributed by atoms with Crippen molar-refractivity contribution in [3.8, 4) is 0 Å². The number of nitrogens with one attached hydrogen (secondary N) is 1. The van der Waals surface area contributed by atoms with E-state index in [9.17, 15) is 4.79 Å². The van der Waals surface area contributed by atoms with Crippen molar-refractivity contribution in [3.63, 3.8) is 0 Å². The van der Waals surface area contributed by atoms with Gasteiger partial charge in [0.05, 0.1) is 0 Å². The van der Waals surface area contributed by atoms with Crippen LogP contribution in [0.2, 0.25) is 0 Å². The first-order valence-electron chi connectivity index (χ1n) is 8.05. The Labute approximate surface area is 141 Å². The van der Waals surface area contributed by atoms with E-state index in [-0.39, 0.29) is 5.91 Å². The summed E-state index contributed by atoms with van der Waals surface area (Å²) in [7, 11) is 2.16. The quantitative estimate of drug-likeness (QED) is 0.916. The number of amides is 1. The molecule has 0 radical (unpaired) electrons. The monoisotopic (exact) mass is 329 g/mol. The third-order valence-corrected chi connectivity index (χ3v) is 4.97. The molecule has 1 N–H and O–H groups in total. The van der Waals surface area contributed by atoms with Crippen molar-refractivity contribution in [2.45, 2.75) is 12.8 Å². The summed E-state index contributed by atoms with van der Waals surface area (Å²) in [6, 6.07) is 10.3. The lowest BCUT2D eigenvalue weighted by molar-refractivity contribution is -0.116. The highest BCUT2D eigenvalue weighted by atomic mass is 32.1. The van der Waals surface area contributed by atoms with Gasteiger partial charge in [-0.05, 0) is 60.1 Å². The average molecular weight is 329 g/mol. The summed E-state index contributed by atoms with van der Waals surface area (Å²) in [5.41, 5.74) is 3.34. The maximum absolute atomic E-state index is 12.0. The molecule has 0 bridgehead atoms. The Kier molecular flexibility index (Phi) is 5.31. The van der Waals surface area contributed by atoms with Crippen LogP contribution in [0.3, 0.4) is 0 Å². The van der Waals surface area contributed by atoms with Crippen LogP contribution in [0.15, 0.2) is 41.1 Å². The molecule has 1 aliphatic heterocycles. The van der Waals surface area contributed by atoms with Gasteiger partial charge in [-0.3, -0.25) is 4.79 Å². The molecule has 23 heavy (non-hydrogen) atoms. The zero-order valence-electron chi connectivity index (χ0n) is 13.5. The molecule has 122 valence electrons. The minimum absolute atomic E-state index is 0.0727. The number of piperazine rings is 1. The number of nitrogens with zero attached hydrogens (tertiary/aromatic N) is 2. The van der Waals surface area contributed by atoms with Crippen LogP contribution in [0.5, 0.6) is 0 Å². The first-order valence-corrected chi connectivity index (χ1v) is 8.99. The topological polar surface area (TPSA) is 35.6 Å². The zero-order chi connectivity index (χ0) is 16.1. The van der Waals surface area contributed by atoms with Crippen molar-refractivity contribution in [1.29, 1.82) is 0 Å². The van der Waals surface area contributed by atoms with E-state index in [1.807, 2.05) is 17.5 Å². The number of hydrogen-bond acceptors (Lipinski definition) is 4. The van der Waals surface area contributed by atoms with Crippen LogP contribution >= 0.6 is 11.3 Å². The fourth-order valence-corrected chi connectivity index (χ4v) is 3.44. The lowest BCUT2D eigenvalue weighted by atomic mass is 10.2. The predicted molar refractivity (Wildman–Crippen MR) is 97.4 cm³/mol. The number of carbonyl (C=O) groups excluding carboxylic acids is 1. The fourth-order valence-electron chi connectivity index (χ4n) is 2.74. The summed E-state index contributed by atoms with van der Waals surface area (Å²) in [6.45, 7) is 4.31. The highest BCUT2D eigenvalue weighted by Crippen LogP contribution is 2.19. The van der Waals surface area contributed by atoms with E-state index in [0.29, 0.717) is 6.42 Å². The van der Waals surface area contributed by atoms with Gasteiger partial charge in [0, 0.05) is 44.0 Å². The van der Waals surface area contributed by atoms with Gasteiger partial charge in [-0.15, -0.1) is 0 Å². The Morgan fingerprint density at radius 2 is 1.87 bits per heavy atom. The third-order valence-electron chi connectivity index (χ3n) is 4.24. The van der Waals surface area contributed by atoms with Gasteiger partial charge >= 0.3 is 0 Å². The standard InChI is InChI=1S/C18H23N3OS/c1-20-9-11-21(12-10-20)17-5-3-16(4-6-17)19-18(22)7-2-15-8-13-23-14-15/h3-6,8,13-14H,2,7,9-12H2,1H3,(H,19,22). The number of aryl methyl sites for hydroxylation is 1. The van der Waals surface area contributed by atoms with Crippen LogP contribution in [0, 0.1) is 0 Å². The van der Waals surface area contributed by atoms with Crippen molar-refractivity contribution in [2.75, 3.05) is 43.4 Å². The zero-order valence-corrected chi connectivity index (χ0v) is 14.3. The second-order valence-corrected chi connectivity index (χ2v) is 6.80. The molecule has 1 fully saturated rings. The molecule has 0 aliphatic carbocycles. The van der Waals surface area contributed by atoms with Gasteiger partial charge in [0.2, 0.25) is 5.91 Å². The van der Waals surface area contributed by atoms with Crippen LogP contribution in [-0.2, 0) is 11.2 Å². The van der Waals surface area contributed by atoms with E-state index in [4.69, 9.17) is 0 Å². The van der Waals surface area contributed by atoms with Crippen molar-refractivity contribution in [1.82, 2.24) is 4.90 Å². The van der Waals surface area contributed by atoms with Crippen LogP contribution < -0.4 is 10.2 Å². The first kappa shape index (κ1) is 16.0. The van der Waals surface area contributed by atoms with Gasteiger partial charge < -0.3 is 15.1 Å². The van der Waals surface area contributed by atoms with Crippen molar-refractivity contribution < 1.29 is 4.79 Å². The number of rotatable bonds is 5. The Hall–Kier alpha value is -1.85. The van der Waals surface area contributed by atoms with E-state index in [0.717, 1.165) is 38.3 Å². The molecule has 0 spiro atoms. The van der Waals surface area contributed by atoms with Crippen molar-refractivity contribution >= 4 is 28.6 Å². The molecule has 3 rings (SSSR count). The third kappa shape index (κ3) is 4.56. The smallest absolute Gasteiger partial charge is 0.224 e. The highest BCUT2D eigenvalue weighted by molar-refractivity contribution is 7.07. The molecule has 0 atom stereocenters. The molecule has 5 heteroatoms.